The second-order valence-electron chi connectivity index (χ2n) is 4.78. The number of carbonyl (C=O) groups is 1. The van der Waals surface area contributed by atoms with E-state index in [1.807, 2.05) is 7.05 Å². The van der Waals surface area contributed by atoms with Gasteiger partial charge in [0.05, 0.1) is 5.41 Å². The Hall–Kier alpha value is -0.320. The molecular formula is C12H25ClN2O2. The summed E-state index contributed by atoms with van der Waals surface area (Å²) in [4.78, 5) is 12.1. The molecule has 5 heteroatoms. The Morgan fingerprint density at radius 1 is 1.47 bits per heavy atom. The topological polar surface area (TPSA) is 50.4 Å². The average Bonchev–Trinajstić information content (AvgIpc) is 2.24. The van der Waals surface area contributed by atoms with Gasteiger partial charge in [-0.25, -0.2) is 0 Å². The third-order valence-corrected chi connectivity index (χ3v) is 3.64. The normalized spacial score (nSPS) is 18.8. The fraction of sp³-hybridized carbons (Fsp3) is 0.917. The minimum Gasteiger partial charge on any atom is -0.385 e. The molecule has 1 atom stereocenters. The van der Waals surface area contributed by atoms with Crippen molar-refractivity contribution in [2.24, 2.45) is 5.41 Å². The largest absolute Gasteiger partial charge is 0.385 e. The molecule has 1 aliphatic rings. The average molecular weight is 265 g/mol. The van der Waals surface area contributed by atoms with E-state index in [1.54, 1.807) is 7.11 Å². The number of nitrogens with one attached hydrogen (secondary N) is 2. The summed E-state index contributed by atoms with van der Waals surface area (Å²) in [7, 11) is 3.59. The number of hydrogen-bond donors (Lipinski definition) is 2. The number of carbonyl (C=O) groups excluding carboxylic acids is 1. The fourth-order valence-electron chi connectivity index (χ4n) is 2.03. The molecule has 1 saturated carbocycles. The van der Waals surface area contributed by atoms with Gasteiger partial charge in [-0.05, 0) is 33.2 Å². The molecule has 0 bridgehead atoms. The molecule has 0 spiro atoms. The van der Waals surface area contributed by atoms with Gasteiger partial charge in [0.15, 0.2) is 0 Å². The third kappa shape index (κ3) is 4.45. The summed E-state index contributed by atoms with van der Waals surface area (Å²) in [5.74, 6) is 0.206. The molecule has 0 radical (unpaired) electrons. The number of ether oxygens (including phenoxy) is 1. The van der Waals surface area contributed by atoms with E-state index < -0.39 is 0 Å². The number of methoxy groups -OCH3 is 1. The van der Waals surface area contributed by atoms with E-state index in [0.29, 0.717) is 19.2 Å². The first-order valence-corrected chi connectivity index (χ1v) is 6.09. The summed E-state index contributed by atoms with van der Waals surface area (Å²) in [5, 5.41) is 6.14. The molecule has 0 aliphatic heterocycles. The Morgan fingerprint density at radius 3 is 2.53 bits per heavy atom. The molecule has 0 aromatic heterocycles. The van der Waals surface area contributed by atoms with Crippen LogP contribution in [0.15, 0.2) is 0 Å². The Bertz CT molecular complexity index is 233. The minimum absolute atomic E-state index is 0. The van der Waals surface area contributed by atoms with Crippen LogP contribution in [-0.2, 0) is 9.53 Å². The lowest BCUT2D eigenvalue weighted by Crippen LogP contribution is -2.49. The van der Waals surface area contributed by atoms with Gasteiger partial charge in [0.25, 0.3) is 0 Å². The number of amides is 1. The van der Waals surface area contributed by atoms with Crippen LogP contribution in [0.1, 0.15) is 32.6 Å². The standard InChI is InChI=1S/C12H24N2O2.ClH/c1-10(13-2)9-14-11(15)12(5-4-6-12)7-8-16-3;/h10,13H,4-9H2,1-3H3,(H,14,15);1H. The molecule has 1 rings (SSSR count). The first-order valence-electron chi connectivity index (χ1n) is 6.09. The highest BCUT2D eigenvalue weighted by atomic mass is 35.5. The summed E-state index contributed by atoms with van der Waals surface area (Å²) >= 11 is 0. The molecule has 0 aromatic rings. The van der Waals surface area contributed by atoms with E-state index in [4.69, 9.17) is 4.74 Å². The number of likely N-dealkylation sites (N-methyl/N-ethyl adjacent to an activating group) is 1. The molecule has 17 heavy (non-hydrogen) atoms. The van der Waals surface area contributed by atoms with Gasteiger partial charge in [0.2, 0.25) is 5.91 Å². The molecule has 0 saturated heterocycles. The smallest absolute Gasteiger partial charge is 0.226 e. The summed E-state index contributed by atoms with van der Waals surface area (Å²) < 4.78 is 5.08. The number of hydrogen-bond acceptors (Lipinski definition) is 3. The van der Waals surface area contributed by atoms with Gasteiger partial charge in [-0.1, -0.05) is 6.42 Å². The van der Waals surface area contributed by atoms with Crippen LogP contribution in [0.3, 0.4) is 0 Å². The van der Waals surface area contributed by atoms with Crippen LogP contribution in [0.4, 0.5) is 0 Å². The monoisotopic (exact) mass is 264 g/mol. The summed E-state index contributed by atoms with van der Waals surface area (Å²) in [6, 6.07) is 0.323. The second-order valence-corrected chi connectivity index (χ2v) is 4.78. The third-order valence-electron chi connectivity index (χ3n) is 3.64. The predicted molar refractivity (Wildman–Crippen MR) is 71.6 cm³/mol. The second kappa shape index (κ2) is 7.90. The van der Waals surface area contributed by atoms with Crippen molar-refractivity contribution in [2.45, 2.75) is 38.6 Å². The van der Waals surface area contributed by atoms with Gasteiger partial charge in [-0.2, -0.15) is 0 Å². The van der Waals surface area contributed by atoms with Gasteiger partial charge < -0.3 is 15.4 Å². The lowest BCUT2D eigenvalue weighted by Gasteiger charge is -2.40. The fourth-order valence-corrected chi connectivity index (χ4v) is 2.03. The van der Waals surface area contributed by atoms with Crippen LogP contribution in [0, 0.1) is 5.41 Å². The summed E-state index contributed by atoms with van der Waals surface area (Å²) in [6.07, 6.45) is 4.04. The highest BCUT2D eigenvalue weighted by Crippen LogP contribution is 2.44. The first kappa shape index (κ1) is 16.7. The van der Waals surface area contributed by atoms with Crippen molar-refractivity contribution in [3.8, 4) is 0 Å². The van der Waals surface area contributed by atoms with E-state index in [-0.39, 0.29) is 23.7 Å². The summed E-state index contributed by atoms with van der Waals surface area (Å²) in [6.45, 7) is 3.43. The Labute approximate surface area is 110 Å². The molecule has 0 heterocycles. The van der Waals surface area contributed by atoms with Crippen LogP contribution in [0.25, 0.3) is 0 Å². The van der Waals surface area contributed by atoms with Crippen LogP contribution in [0.5, 0.6) is 0 Å². The van der Waals surface area contributed by atoms with Crippen molar-refractivity contribution < 1.29 is 9.53 Å². The maximum Gasteiger partial charge on any atom is 0.226 e. The first-order chi connectivity index (χ1) is 7.64. The van der Waals surface area contributed by atoms with Gasteiger partial charge in [0, 0.05) is 26.3 Å². The molecule has 1 fully saturated rings. The lowest BCUT2D eigenvalue weighted by atomic mass is 9.66. The zero-order valence-electron chi connectivity index (χ0n) is 11.0. The molecule has 2 N–H and O–H groups in total. The Morgan fingerprint density at radius 2 is 2.12 bits per heavy atom. The Kier molecular flexibility index (Phi) is 7.75. The molecular weight excluding hydrogens is 240 g/mol. The lowest BCUT2D eigenvalue weighted by molar-refractivity contribution is -0.137. The van der Waals surface area contributed by atoms with Crippen molar-refractivity contribution in [3.63, 3.8) is 0 Å². The molecule has 102 valence electrons. The van der Waals surface area contributed by atoms with Crippen LogP contribution in [0.2, 0.25) is 0 Å². The quantitative estimate of drug-likeness (QED) is 0.730. The molecule has 1 unspecified atom stereocenters. The molecule has 4 nitrogen and oxygen atoms in total. The van der Waals surface area contributed by atoms with Crippen molar-refractivity contribution in [1.82, 2.24) is 10.6 Å². The zero-order chi connectivity index (χ0) is 12.0. The van der Waals surface area contributed by atoms with Gasteiger partial charge in [-0.3, -0.25) is 4.79 Å². The van der Waals surface area contributed by atoms with E-state index >= 15 is 0 Å². The SMILES string of the molecule is CNC(C)CNC(=O)C1(CCOC)CCC1.Cl. The van der Waals surface area contributed by atoms with Crippen LogP contribution < -0.4 is 10.6 Å². The maximum absolute atomic E-state index is 12.1. The molecule has 1 amide bonds. The van der Waals surface area contributed by atoms with Crippen molar-refractivity contribution in [1.29, 1.82) is 0 Å². The predicted octanol–water partition coefficient (Wildman–Crippen LogP) is 1.34. The highest BCUT2D eigenvalue weighted by molar-refractivity contribution is 5.85. The minimum atomic E-state index is -0.135. The van der Waals surface area contributed by atoms with E-state index in [9.17, 15) is 4.79 Å². The van der Waals surface area contributed by atoms with Crippen molar-refractivity contribution in [3.05, 3.63) is 0 Å². The number of halogens is 1. The zero-order valence-corrected chi connectivity index (χ0v) is 11.9. The van der Waals surface area contributed by atoms with Gasteiger partial charge >= 0.3 is 0 Å². The molecule has 0 aromatic carbocycles. The van der Waals surface area contributed by atoms with Crippen molar-refractivity contribution in [2.75, 3.05) is 27.3 Å². The number of rotatable bonds is 7. The van der Waals surface area contributed by atoms with Gasteiger partial charge in [-0.15, -0.1) is 12.4 Å². The maximum atomic E-state index is 12.1. The highest BCUT2D eigenvalue weighted by Gasteiger charge is 2.43. The summed E-state index contributed by atoms with van der Waals surface area (Å²) in [5.41, 5.74) is -0.135. The van der Waals surface area contributed by atoms with E-state index in [0.717, 1.165) is 19.3 Å². The van der Waals surface area contributed by atoms with Crippen LogP contribution in [-0.4, -0.2) is 39.3 Å². The van der Waals surface area contributed by atoms with E-state index in [2.05, 4.69) is 17.6 Å². The van der Waals surface area contributed by atoms with E-state index in [1.165, 1.54) is 6.42 Å². The van der Waals surface area contributed by atoms with Crippen molar-refractivity contribution >= 4 is 18.3 Å². The molecule has 1 aliphatic carbocycles. The van der Waals surface area contributed by atoms with Gasteiger partial charge in [0.1, 0.15) is 0 Å². The Balaban J connectivity index is 0.00000256. The van der Waals surface area contributed by atoms with Crippen LogP contribution >= 0.6 is 12.4 Å².